The third-order valence-electron chi connectivity index (χ3n) is 6.74. The Balaban J connectivity index is 1.47. The summed E-state index contributed by atoms with van der Waals surface area (Å²) in [6, 6.07) is 17.2. The van der Waals surface area contributed by atoms with Gasteiger partial charge in [-0.2, -0.15) is 0 Å². The highest BCUT2D eigenvalue weighted by molar-refractivity contribution is 5.80. The van der Waals surface area contributed by atoms with E-state index in [1.165, 1.54) is 12.1 Å². The molecule has 1 aliphatic heterocycles. The number of para-hydroxylation sites is 1. The van der Waals surface area contributed by atoms with Crippen molar-refractivity contribution in [2.75, 3.05) is 5.32 Å². The van der Waals surface area contributed by atoms with E-state index in [-0.39, 0.29) is 18.7 Å². The minimum Gasteiger partial charge on any atom is -0.458 e. The number of hydrogen-bond acceptors (Lipinski definition) is 8. The van der Waals surface area contributed by atoms with Gasteiger partial charge >= 0.3 is 5.97 Å². The van der Waals surface area contributed by atoms with Gasteiger partial charge in [0.1, 0.15) is 29.0 Å². The van der Waals surface area contributed by atoms with Crippen LogP contribution in [-0.4, -0.2) is 47.9 Å². The summed E-state index contributed by atoms with van der Waals surface area (Å²) < 4.78 is 21.0. The van der Waals surface area contributed by atoms with Gasteiger partial charge in [0.2, 0.25) is 5.95 Å². The van der Waals surface area contributed by atoms with E-state index in [0.717, 1.165) is 5.69 Å². The third kappa shape index (κ3) is 5.29. The van der Waals surface area contributed by atoms with Gasteiger partial charge in [0.25, 0.3) is 0 Å². The van der Waals surface area contributed by atoms with E-state index in [4.69, 9.17) is 9.72 Å². The number of rotatable bonds is 7. The van der Waals surface area contributed by atoms with Gasteiger partial charge in [0.05, 0.1) is 23.9 Å². The molecule has 2 unspecified atom stereocenters. The highest BCUT2D eigenvalue weighted by Crippen LogP contribution is 2.47. The number of carbonyl (C=O) groups is 1. The van der Waals surface area contributed by atoms with Crippen LogP contribution in [0.25, 0.3) is 28.8 Å². The van der Waals surface area contributed by atoms with Gasteiger partial charge in [-0.15, -0.1) is 0 Å². The van der Waals surface area contributed by atoms with E-state index >= 15 is 0 Å². The molecule has 0 spiro atoms. The zero-order valence-electron chi connectivity index (χ0n) is 20.9. The van der Waals surface area contributed by atoms with E-state index in [1.54, 1.807) is 41.2 Å². The molecule has 2 fully saturated rings. The SMILES string of the molecule is O=C1CC(O)CC(C=Cn2c(C3(O)CC3)nc(-c3ccnc(Nc4ccccc4)n3)c2-c2ccc(F)cc2)O1. The molecule has 10 heteroatoms. The van der Waals surface area contributed by atoms with Crippen molar-refractivity contribution in [1.82, 2.24) is 19.5 Å². The summed E-state index contributed by atoms with van der Waals surface area (Å²) in [6.45, 7) is 0. The Morgan fingerprint density at radius 3 is 2.56 bits per heavy atom. The van der Waals surface area contributed by atoms with Gasteiger partial charge in [-0.25, -0.2) is 19.3 Å². The molecule has 3 heterocycles. The third-order valence-corrected chi connectivity index (χ3v) is 6.74. The lowest BCUT2D eigenvalue weighted by Gasteiger charge is -2.23. The standard InChI is InChI=1S/C29H26FN5O4/c30-19-8-6-18(7-9-19)26-25(23-10-14-31-28(33-23)32-20-4-2-1-3-5-20)34-27(29(38)12-13-29)35(26)15-11-22-16-21(36)17-24(37)39-22/h1-11,14-15,21-22,36,38H,12-13,16-17H2,(H,31,32,33). The lowest BCUT2D eigenvalue weighted by molar-refractivity contribution is -0.156. The first-order valence-corrected chi connectivity index (χ1v) is 12.7. The van der Waals surface area contributed by atoms with Crippen molar-refractivity contribution < 1.29 is 24.1 Å². The average Bonchev–Trinajstić information content (AvgIpc) is 3.55. The summed E-state index contributed by atoms with van der Waals surface area (Å²) >= 11 is 0. The molecule has 2 aromatic carbocycles. The monoisotopic (exact) mass is 527 g/mol. The number of halogens is 1. The fourth-order valence-corrected chi connectivity index (χ4v) is 4.62. The predicted molar refractivity (Wildman–Crippen MR) is 142 cm³/mol. The van der Waals surface area contributed by atoms with E-state index in [0.29, 0.717) is 47.3 Å². The molecule has 6 rings (SSSR count). The highest BCUT2D eigenvalue weighted by Gasteiger charge is 2.47. The zero-order chi connectivity index (χ0) is 27.0. The van der Waals surface area contributed by atoms with E-state index in [1.807, 2.05) is 30.3 Å². The molecule has 1 saturated carbocycles. The average molecular weight is 528 g/mol. The molecular formula is C29H26FN5O4. The van der Waals surface area contributed by atoms with Crippen LogP contribution in [0, 0.1) is 5.82 Å². The van der Waals surface area contributed by atoms with E-state index in [9.17, 15) is 19.4 Å². The van der Waals surface area contributed by atoms with Crippen LogP contribution in [0.4, 0.5) is 16.0 Å². The van der Waals surface area contributed by atoms with Crippen LogP contribution in [0.15, 0.2) is 72.9 Å². The Morgan fingerprint density at radius 1 is 1.08 bits per heavy atom. The zero-order valence-corrected chi connectivity index (χ0v) is 20.9. The molecule has 9 nitrogen and oxygen atoms in total. The Morgan fingerprint density at radius 2 is 1.85 bits per heavy atom. The summed E-state index contributed by atoms with van der Waals surface area (Å²) in [5.41, 5.74) is 1.88. The van der Waals surface area contributed by atoms with Crippen LogP contribution in [0.5, 0.6) is 0 Å². The van der Waals surface area contributed by atoms with Crippen LogP contribution in [0.2, 0.25) is 0 Å². The first-order valence-electron chi connectivity index (χ1n) is 12.7. The molecule has 0 amide bonds. The van der Waals surface area contributed by atoms with Crippen molar-refractivity contribution >= 4 is 23.8 Å². The number of nitrogens with zero attached hydrogens (tertiary/aromatic N) is 4. The second-order valence-electron chi connectivity index (χ2n) is 9.76. The maximum Gasteiger partial charge on any atom is 0.309 e. The fourth-order valence-electron chi connectivity index (χ4n) is 4.62. The Labute approximate surface area is 223 Å². The highest BCUT2D eigenvalue weighted by atomic mass is 19.1. The summed E-state index contributed by atoms with van der Waals surface area (Å²) in [6.07, 6.45) is 4.80. The lowest BCUT2D eigenvalue weighted by atomic mass is 10.1. The molecule has 198 valence electrons. The molecule has 1 aliphatic carbocycles. The molecule has 3 N–H and O–H groups in total. The minimum absolute atomic E-state index is 0.0432. The molecular weight excluding hydrogens is 501 g/mol. The van der Waals surface area contributed by atoms with Crippen molar-refractivity contribution in [2.24, 2.45) is 0 Å². The van der Waals surface area contributed by atoms with E-state index < -0.39 is 23.8 Å². The van der Waals surface area contributed by atoms with Gasteiger partial charge in [0, 0.05) is 30.1 Å². The Kier molecular flexibility index (Phi) is 6.41. The second-order valence-corrected chi connectivity index (χ2v) is 9.76. The number of anilines is 2. The summed E-state index contributed by atoms with van der Waals surface area (Å²) in [4.78, 5) is 25.7. The number of cyclic esters (lactones) is 1. The smallest absolute Gasteiger partial charge is 0.309 e. The lowest BCUT2D eigenvalue weighted by Crippen LogP contribution is -2.31. The largest absolute Gasteiger partial charge is 0.458 e. The van der Waals surface area contributed by atoms with Crippen LogP contribution in [-0.2, 0) is 15.1 Å². The van der Waals surface area contributed by atoms with Gasteiger partial charge in [-0.3, -0.25) is 4.79 Å². The van der Waals surface area contributed by atoms with Crippen molar-refractivity contribution in [3.8, 4) is 22.6 Å². The topological polar surface area (TPSA) is 122 Å². The molecule has 0 bridgehead atoms. The number of aromatic nitrogens is 4. The number of hydrogen-bond donors (Lipinski definition) is 3. The first-order chi connectivity index (χ1) is 18.9. The first kappa shape index (κ1) is 24.9. The number of aliphatic hydroxyl groups excluding tert-OH is 1. The molecule has 4 aromatic rings. The fraction of sp³-hybridized carbons (Fsp3) is 0.241. The number of carbonyl (C=O) groups excluding carboxylic acids is 1. The number of benzene rings is 2. The molecule has 0 radical (unpaired) electrons. The van der Waals surface area contributed by atoms with Crippen LogP contribution < -0.4 is 5.32 Å². The number of ether oxygens (including phenoxy) is 1. The van der Waals surface area contributed by atoms with Crippen molar-refractivity contribution in [3.63, 3.8) is 0 Å². The van der Waals surface area contributed by atoms with Gasteiger partial charge in [0.15, 0.2) is 0 Å². The molecule has 2 aliphatic rings. The molecule has 2 aromatic heterocycles. The number of aliphatic hydroxyl groups is 2. The van der Waals surface area contributed by atoms with Crippen LogP contribution in [0.1, 0.15) is 31.5 Å². The summed E-state index contributed by atoms with van der Waals surface area (Å²) in [5, 5.41) is 24.4. The van der Waals surface area contributed by atoms with E-state index in [2.05, 4.69) is 15.3 Å². The number of imidazole rings is 1. The van der Waals surface area contributed by atoms with Crippen LogP contribution in [0.3, 0.4) is 0 Å². The van der Waals surface area contributed by atoms with Crippen molar-refractivity contribution in [1.29, 1.82) is 0 Å². The summed E-state index contributed by atoms with van der Waals surface area (Å²) in [7, 11) is 0. The van der Waals surface area contributed by atoms with Crippen molar-refractivity contribution in [3.05, 3.63) is 84.6 Å². The summed E-state index contributed by atoms with van der Waals surface area (Å²) in [5.74, 6) is -0.105. The van der Waals surface area contributed by atoms with Gasteiger partial charge in [-0.05, 0) is 61.4 Å². The Bertz CT molecular complexity index is 1530. The second kappa shape index (κ2) is 10.0. The van der Waals surface area contributed by atoms with Crippen molar-refractivity contribution in [2.45, 2.75) is 43.5 Å². The molecule has 2 atom stereocenters. The predicted octanol–water partition coefficient (Wildman–Crippen LogP) is 4.41. The number of esters is 1. The maximum atomic E-state index is 13.9. The van der Waals surface area contributed by atoms with Crippen LogP contribution >= 0.6 is 0 Å². The van der Waals surface area contributed by atoms with Gasteiger partial charge in [-0.1, -0.05) is 18.2 Å². The Hall–Kier alpha value is -4.41. The minimum atomic E-state index is -1.14. The number of nitrogens with one attached hydrogen (secondary N) is 1. The quantitative estimate of drug-likeness (QED) is 0.302. The molecule has 39 heavy (non-hydrogen) atoms. The van der Waals surface area contributed by atoms with Gasteiger partial charge < -0.3 is 24.8 Å². The maximum absolute atomic E-state index is 13.9. The molecule has 1 saturated heterocycles. The normalized spacial score (nSPS) is 20.1.